The number of anilines is 1. The zero-order chi connectivity index (χ0) is 13.7. The van der Waals surface area contributed by atoms with Gasteiger partial charge in [0.15, 0.2) is 5.82 Å². The van der Waals surface area contributed by atoms with Gasteiger partial charge in [0, 0.05) is 19.0 Å². The van der Waals surface area contributed by atoms with Crippen molar-refractivity contribution < 1.29 is 0 Å². The summed E-state index contributed by atoms with van der Waals surface area (Å²) in [6.45, 7) is 2.03. The average molecular weight is 271 g/mol. The molecule has 20 heavy (non-hydrogen) atoms. The van der Waals surface area contributed by atoms with Crippen molar-refractivity contribution in [3.05, 3.63) is 11.5 Å². The normalized spacial score (nSPS) is 19.9. The first-order valence-corrected chi connectivity index (χ1v) is 7.70. The molecule has 0 unspecified atom stereocenters. The molecule has 2 aromatic heterocycles. The monoisotopic (exact) mass is 271 g/mol. The predicted octanol–water partition coefficient (Wildman–Crippen LogP) is 2.90. The molecule has 0 aliphatic heterocycles. The Balaban J connectivity index is 1.82. The summed E-state index contributed by atoms with van der Waals surface area (Å²) in [5.41, 5.74) is 3.07. The zero-order valence-electron chi connectivity index (χ0n) is 12.2. The van der Waals surface area contributed by atoms with E-state index in [-0.39, 0.29) is 0 Å². The van der Waals surface area contributed by atoms with Crippen LogP contribution in [-0.2, 0) is 7.05 Å². The molecule has 0 atom stereocenters. The van der Waals surface area contributed by atoms with Gasteiger partial charge in [-0.25, -0.2) is 9.97 Å². The Morgan fingerprint density at radius 2 is 1.85 bits per heavy atom. The highest BCUT2D eigenvalue weighted by Crippen LogP contribution is 2.40. The summed E-state index contributed by atoms with van der Waals surface area (Å²) < 4.78 is 1.92. The topological polar surface area (TPSA) is 55.6 Å². The third-order valence-electron chi connectivity index (χ3n) is 4.51. The van der Waals surface area contributed by atoms with Gasteiger partial charge in [0.05, 0.1) is 5.69 Å². The Hall–Kier alpha value is -1.65. The maximum atomic E-state index is 4.82. The Labute approximate surface area is 118 Å². The minimum atomic E-state index is 0.565. The van der Waals surface area contributed by atoms with Crippen LogP contribution in [0.15, 0.2) is 0 Å². The number of aryl methyl sites for hydroxylation is 2. The number of fused-ring (bicyclic) bond motifs is 1. The fourth-order valence-corrected chi connectivity index (χ4v) is 3.24. The Morgan fingerprint density at radius 3 is 2.55 bits per heavy atom. The lowest BCUT2D eigenvalue weighted by Gasteiger charge is -2.14. The van der Waals surface area contributed by atoms with Crippen LogP contribution in [0.1, 0.15) is 56.0 Å². The fraction of sp³-hybridized carbons (Fsp3) is 0.667. The number of rotatable bonds is 3. The van der Waals surface area contributed by atoms with E-state index in [9.17, 15) is 0 Å². The van der Waals surface area contributed by atoms with Crippen LogP contribution in [0.5, 0.6) is 0 Å². The first kappa shape index (κ1) is 12.1. The highest BCUT2D eigenvalue weighted by atomic mass is 15.3. The summed E-state index contributed by atoms with van der Waals surface area (Å²) >= 11 is 0. The molecule has 2 heterocycles. The van der Waals surface area contributed by atoms with E-state index < -0.39 is 0 Å². The second-order valence-corrected chi connectivity index (χ2v) is 6.24. The molecule has 2 aliphatic rings. The van der Waals surface area contributed by atoms with Gasteiger partial charge in [0.1, 0.15) is 16.9 Å². The highest BCUT2D eigenvalue weighted by Gasteiger charge is 2.29. The Bertz CT molecular complexity index is 650. The van der Waals surface area contributed by atoms with Gasteiger partial charge in [-0.05, 0) is 32.6 Å². The third-order valence-corrected chi connectivity index (χ3v) is 4.51. The summed E-state index contributed by atoms with van der Waals surface area (Å²) in [5, 5.41) is 8.17. The summed E-state index contributed by atoms with van der Waals surface area (Å²) in [5.74, 6) is 2.57. The molecule has 0 saturated heterocycles. The van der Waals surface area contributed by atoms with Crippen LogP contribution in [0.2, 0.25) is 0 Å². The van der Waals surface area contributed by atoms with Crippen LogP contribution in [-0.4, -0.2) is 25.8 Å². The fourth-order valence-electron chi connectivity index (χ4n) is 3.24. The molecular formula is C15H21N5. The van der Waals surface area contributed by atoms with Crippen molar-refractivity contribution in [1.82, 2.24) is 19.7 Å². The molecule has 106 valence electrons. The first-order valence-electron chi connectivity index (χ1n) is 7.70. The van der Waals surface area contributed by atoms with E-state index in [4.69, 9.17) is 9.97 Å². The summed E-state index contributed by atoms with van der Waals surface area (Å²) in [7, 11) is 1.98. The molecule has 2 saturated carbocycles. The second kappa shape index (κ2) is 4.43. The molecule has 0 aromatic carbocycles. The van der Waals surface area contributed by atoms with Crippen molar-refractivity contribution in [1.29, 1.82) is 0 Å². The smallest absolute Gasteiger partial charge is 0.156 e. The first-order chi connectivity index (χ1) is 9.72. The lowest BCUT2D eigenvalue weighted by molar-refractivity contribution is 0.742. The van der Waals surface area contributed by atoms with Crippen LogP contribution in [0.4, 0.5) is 5.82 Å². The third kappa shape index (κ3) is 1.96. The molecule has 0 bridgehead atoms. The molecule has 2 aromatic rings. The van der Waals surface area contributed by atoms with Gasteiger partial charge in [-0.3, -0.25) is 4.68 Å². The van der Waals surface area contributed by atoms with E-state index in [1.54, 1.807) is 0 Å². The molecule has 0 amide bonds. The van der Waals surface area contributed by atoms with E-state index >= 15 is 0 Å². The van der Waals surface area contributed by atoms with E-state index in [0.717, 1.165) is 28.4 Å². The number of hydrogen-bond acceptors (Lipinski definition) is 4. The quantitative estimate of drug-likeness (QED) is 0.932. The number of nitrogens with one attached hydrogen (secondary N) is 1. The van der Waals surface area contributed by atoms with Gasteiger partial charge in [0.25, 0.3) is 0 Å². The van der Waals surface area contributed by atoms with Gasteiger partial charge in [-0.15, -0.1) is 0 Å². The Kier molecular flexibility index (Phi) is 2.69. The molecule has 5 heteroatoms. The van der Waals surface area contributed by atoms with Gasteiger partial charge in [-0.2, -0.15) is 5.10 Å². The zero-order valence-corrected chi connectivity index (χ0v) is 12.2. The molecule has 1 N–H and O–H groups in total. The van der Waals surface area contributed by atoms with E-state index in [1.807, 2.05) is 18.7 Å². The average Bonchev–Trinajstić information content (AvgIpc) is 3.08. The van der Waals surface area contributed by atoms with Gasteiger partial charge < -0.3 is 5.32 Å². The van der Waals surface area contributed by atoms with Crippen LogP contribution in [0.3, 0.4) is 0 Å². The number of hydrogen-bond donors (Lipinski definition) is 1. The largest absolute Gasteiger partial charge is 0.365 e. The lowest BCUT2D eigenvalue weighted by atomic mass is 10.2. The number of nitrogens with zero attached hydrogens (tertiary/aromatic N) is 4. The maximum absolute atomic E-state index is 4.82. The minimum Gasteiger partial charge on any atom is -0.365 e. The number of aromatic nitrogens is 4. The van der Waals surface area contributed by atoms with Crippen molar-refractivity contribution in [2.24, 2.45) is 7.05 Å². The molecule has 0 radical (unpaired) electrons. The van der Waals surface area contributed by atoms with Gasteiger partial charge >= 0.3 is 0 Å². The van der Waals surface area contributed by atoms with Crippen molar-refractivity contribution in [2.75, 3.05) is 5.32 Å². The van der Waals surface area contributed by atoms with Crippen LogP contribution < -0.4 is 5.32 Å². The van der Waals surface area contributed by atoms with Gasteiger partial charge in [0.2, 0.25) is 0 Å². The van der Waals surface area contributed by atoms with Crippen molar-refractivity contribution in [3.63, 3.8) is 0 Å². The molecule has 2 aliphatic carbocycles. The molecule has 5 nitrogen and oxygen atoms in total. The maximum Gasteiger partial charge on any atom is 0.156 e. The SMILES string of the molecule is Cc1nn(C)c2c(NC3CCCC3)nc(C3CC3)nc12. The summed E-state index contributed by atoms with van der Waals surface area (Å²) in [4.78, 5) is 9.58. The second-order valence-electron chi connectivity index (χ2n) is 6.24. The summed E-state index contributed by atoms with van der Waals surface area (Å²) in [6, 6.07) is 0.565. The molecular weight excluding hydrogens is 250 g/mol. The summed E-state index contributed by atoms with van der Waals surface area (Å²) in [6.07, 6.45) is 7.61. The molecule has 2 fully saturated rings. The van der Waals surface area contributed by atoms with Crippen molar-refractivity contribution in [2.45, 2.75) is 57.4 Å². The van der Waals surface area contributed by atoms with Crippen molar-refractivity contribution in [3.8, 4) is 0 Å². The van der Waals surface area contributed by atoms with E-state index in [0.29, 0.717) is 12.0 Å². The predicted molar refractivity (Wildman–Crippen MR) is 78.9 cm³/mol. The lowest BCUT2D eigenvalue weighted by Crippen LogP contribution is -2.17. The van der Waals surface area contributed by atoms with E-state index in [1.165, 1.54) is 38.5 Å². The van der Waals surface area contributed by atoms with Crippen LogP contribution >= 0.6 is 0 Å². The minimum absolute atomic E-state index is 0.565. The van der Waals surface area contributed by atoms with Crippen LogP contribution in [0, 0.1) is 6.92 Å². The van der Waals surface area contributed by atoms with Gasteiger partial charge in [-0.1, -0.05) is 12.8 Å². The standard InChI is InChI=1S/C15H21N5/c1-9-12-13(20(2)19-9)15(16-11-5-3-4-6-11)18-14(17-12)10-7-8-10/h10-11H,3-8H2,1-2H3,(H,16,17,18). The van der Waals surface area contributed by atoms with Crippen molar-refractivity contribution >= 4 is 16.9 Å². The molecule has 0 spiro atoms. The van der Waals surface area contributed by atoms with E-state index in [2.05, 4.69) is 10.4 Å². The molecule has 4 rings (SSSR count). The Morgan fingerprint density at radius 1 is 1.10 bits per heavy atom. The van der Waals surface area contributed by atoms with Crippen LogP contribution in [0.25, 0.3) is 11.0 Å². The highest BCUT2D eigenvalue weighted by molar-refractivity contribution is 5.87.